The first-order valence-corrected chi connectivity index (χ1v) is 8.63. The van der Waals surface area contributed by atoms with Gasteiger partial charge in [0, 0.05) is 12.1 Å². The number of thioether (sulfide) groups is 1. The third-order valence-corrected chi connectivity index (χ3v) is 5.38. The molecule has 8 heteroatoms. The number of carbonyl (C=O) groups is 2. The molecule has 1 atom stereocenters. The Labute approximate surface area is 142 Å². The molecule has 24 heavy (non-hydrogen) atoms. The monoisotopic (exact) mass is 344 g/mol. The molecule has 2 aliphatic rings. The van der Waals surface area contributed by atoms with Crippen molar-refractivity contribution < 1.29 is 14.3 Å². The van der Waals surface area contributed by atoms with Crippen LogP contribution < -0.4 is 5.32 Å². The molecular formula is C16H16N4O3S. The molecule has 2 aromatic rings. The molecule has 0 radical (unpaired) electrons. The highest BCUT2D eigenvalue weighted by Crippen LogP contribution is 2.44. The minimum atomic E-state index is -0.321. The van der Waals surface area contributed by atoms with Crippen LogP contribution in [0.1, 0.15) is 40.6 Å². The number of anilines is 1. The number of hydrogen-bond donors (Lipinski definition) is 1. The molecule has 1 aliphatic heterocycles. The van der Waals surface area contributed by atoms with E-state index in [0.717, 1.165) is 30.6 Å². The van der Waals surface area contributed by atoms with Gasteiger partial charge in [-0.1, -0.05) is 6.08 Å². The lowest BCUT2D eigenvalue weighted by molar-refractivity contribution is -0.135. The summed E-state index contributed by atoms with van der Waals surface area (Å²) in [5.74, 6) is 0.510. The third kappa shape index (κ3) is 2.66. The number of ether oxygens (including phenoxy) is 1. The van der Waals surface area contributed by atoms with Gasteiger partial charge in [-0.15, -0.1) is 11.8 Å². The molecule has 0 amide bonds. The molecule has 2 aromatic heterocycles. The van der Waals surface area contributed by atoms with E-state index in [1.54, 1.807) is 4.52 Å². The summed E-state index contributed by atoms with van der Waals surface area (Å²) in [6.07, 6.45) is 7.13. The highest BCUT2D eigenvalue weighted by molar-refractivity contribution is 8.04. The Balaban J connectivity index is 1.70. The number of nitrogens with one attached hydrogen (secondary N) is 1. The number of nitrogens with zero attached hydrogens (tertiary/aromatic N) is 3. The fourth-order valence-corrected chi connectivity index (χ4v) is 3.78. The molecule has 1 saturated carbocycles. The van der Waals surface area contributed by atoms with Crippen LogP contribution in [0.2, 0.25) is 0 Å². The summed E-state index contributed by atoms with van der Waals surface area (Å²) in [6.45, 7) is 0. The fourth-order valence-electron chi connectivity index (χ4n) is 2.66. The van der Waals surface area contributed by atoms with E-state index in [2.05, 4.69) is 15.4 Å². The molecule has 0 aromatic carbocycles. The van der Waals surface area contributed by atoms with Crippen molar-refractivity contribution >= 4 is 35.5 Å². The van der Waals surface area contributed by atoms with Crippen LogP contribution in [0.15, 0.2) is 23.2 Å². The van der Waals surface area contributed by atoms with Crippen LogP contribution in [-0.4, -0.2) is 40.0 Å². The van der Waals surface area contributed by atoms with Gasteiger partial charge in [0.15, 0.2) is 11.9 Å². The van der Waals surface area contributed by atoms with Crippen molar-refractivity contribution in [3.8, 4) is 0 Å². The van der Waals surface area contributed by atoms with Crippen molar-refractivity contribution in [1.29, 1.82) is 0 Å². The summed E-state index contributed by atoms with van der Waals surface area (Å²) < 4.78 is 6.44. The van der Waals surface area contributed by atoms with Gasteiger partial charge in [-0.2, -0.15) is 9.61 Å². The SMILES string of the molecule is COC(=O)C1=CCC(c2cc(NC3CC3)n3ncc(C=O)c3n2)S1. The predicted octanol–water partition coefficient (Wildman–Crippen LogP) is 2.35. The molecular weight excluding hydrogens is 328 g/mol. The second-order valence-corrected chi connectivity index (χ2v) is 7.08. The number of methoxy groups -OCH3 is 1. The topological polar surface area (TPSA) is 85.6 Å². The van der Waals surface area contributed by atoms with Crippen molar-refractivity contribution in [2.45, 2.75) is 30.6 Å². The number of rotatable bonds is 5. The van der Waals surface area contributed by atoms with E-state index < -0.39 is 0 Å². The van der Waals surface area contributed by atoms with Gasteiger partial charge in [-0.3, -0.25) is 4.79 Å². The summed E-state index contributed by atoms with van der Waals surface area (Å²) in [5.41, 5.74) is 1.83. The molecule has 1 unspecified atom stereocenters. The normalized spacial score (nSPS) is 20.0. The molecule has 4 rings (SSSR count). The Morgan fingerprint density at radius 2 is 2.33 bits per heavy atom. The number of fused-ring (bicyclic) bond motifs is 1. The maximum Gasteiger partial charge on any atom is 0.344 e. The first-order valence-electron chi connectivity index (χ1n) is 7.75. The molecule has 0 spiro atoms. The molecule has 0 bridgehead atoms. The molecule has 1 aliphatic carbocycles. The van der Waals surface area contributed by atoms with E-state index in [1.807, 2.05) is 12.1 Å². The number of hydrogen-bond acceptors (Lipinski definition) is 7. The smallest absolute Gasteiger partial charge is 0.344 e. The second-order valence-electron chi connectivity index (χ2n) is 5.84. The molecule has 124 valence electrons. The van der Waals surface area contributed by atoms with Gasteiger partial charge in [-0.25, -0.2) is 9.78 Å². The van der Waals surface area contributed by atoms with Gasteiger partial charge in [0.2, 0.25) is 0 Å². The maximum atomic E-state index is 11.7. The first-order chi connectivity index (χ1) is 11.7. The number of allylic oxidation sites excluding steroid dienone is 1. The lowest BCUT2D eigenvalue weighted by Crippen LogP contribution is -2.10. The average Bonchev–Trinajstić information content (AvgIpc) is 3.13. The van der Waals surface area contributed by atoms with E-state index in [0.29, 0.717) is 28.6 Å². The van der Waals surface area contributed by atoms with Crippen molar-refractivity contribution in [3.63, 3.8) is 0 Å². The van der Waals surface area contributed by atoms with Crippen LogP contribution in [0, 0.1) is 0 Å². The Morgan fingerprint density at radius 1 is 1.50 bits per heavy atom. The van der Waals surface area contributed by atoms with E-state index in [1.165, 1.54) is 25.1 Å². The van der Waals surface area contributed by atoms with Crippen molar-refractivity contribution in [3.05, 3.63) is 34.5 Å². The van der Waals surface area contributed by atoms with Crippen LogP contribution >= 0.6 is 11.8 Å². The van der Waals surface area contributed by atoms with E-state index >= 15 is 0 Å². The highest BCUT2D eigenvalue weighted by Gasteiger charge is 2.28. The minimum Gasteiger partial charge on any atom is -0.465 e. The Bertz CT molecular complexity index is 856. The van der Waals surface area contributed by atoms with E-state index in [4.69, 9.17) is 4.74 Å². The average molecular weight is 344 g/mol. The van der Waals surface area contributed by atoms with E-state index in [9.17, 15) is 9.59 Å². The Morgan fingerprint density at radius 3 is 3.04 bits per heavy atom. The van der Waals surface area contributed by atoms with Crippen LogP contribution in [-0.2, 0) is 9.53 Å². The predicted molar refractivity (Wildman–Crippen MR) is 90.1 cm³/mol. The van der Waals surface area contributed by atoms with Gasteiger partial charge in [0.05, 0.1) is 34.7 Å². The van der Waals surface area contributed by atoms with Crippen LogP contribution in [0.25, 0.3) is 5.65 Å². The largest absolute Gasteiger partial charge is 0.465 e. The summed E-state index contributed by atoms with van der Waals surface area (Å²) in [7, 11) is 1.38. The number of aldehydes is 1. The highest BCUT2D eigenvalue weighted by atomic mass is 32.2. The number of esters is 1. The first kappa shape index (κ1) is 15.2. The Kier molecular flexibility index (Phi) is 3.76. The fraction of sp³-hybridized carbons (Fsp3) is 0.375. The van der Waals surface area contributed by atoms with E-state index in [-0.39, 0.29) is 11.2 Å². The molecule has 1 fully saturated rings. The van der Waals surface area contributed by atoms with Crippen LogP contribution in [0.3, 0.4) is 0 Å². The zero-order valence-electron chi connectivity index (χ0n) is 13.1. The van der Waals surface area contributed by atoms with Gasteiger partial charge in [-0.05, 0) is 19.3 Å². The van der Waals surface area contributed by atoms with Gasteiger partial charge in [0.25, 0.3) is 0 Å². The molecule has 3 heterocycles. The van der Waals surface area contributed by atoms with Crippen molar-refractivity contribution in [2.24, 2.45) is 0 Å². The Hall–Kier alpha value is -2.35. The summed E-state index contributed by atoms with van der Waals surface area (Å²) in [6, 6.07) is 2.41. The summed E-state index contributed by atoms with van der Waals surface area (Å²) in [5, 5.41) is 7.72. The lowest BCUT2D eigenvalue weighted by Gasteiger charge is -2.13. The van der Waals surface area contributed by atoms with Crippen LogP contribution in [0.5, 0.6) is 0 Å². The van der Waals surface area contributed by atoms with Crippen molar-refractivity contribution in [2.75, 3.05) is 12.4 Å². The second kappa shape index (κ2) is 5.94. The molecule has 7 nitrogen and oxygen atoms in total. The number of aromatic nitrogens is 3. The zero-order chi connectivity index (χ0) is 16.7. The van der Waals surface area contributed by atoms with Gasteiger partial charge in [0.1, 0.15) is 5.82 Å². The third-order valence-electron chi connectivity index (χ3n) is 4.08. The van der Waals surface area contributed by atoms with Crippen LogP contribution in [0.4, 0.5) is 5.82 Å². The number of carbonyl (C=O) groups excluding carboxylic acids is 2. The van der Waals surface area contributed by atoms with Crippen molar-refractivity contribution in [1.82, 2.24) is 14.6 Å². The summed E-state index contributed by atoms with van der Waals surface area (Å²) in [4.78, 5) is 28.1. The zero-order valence-corrected chi connectivity index (χ0v) is 13.9. The van der Waals surface area contributed by atoms with Gasteiger partial charge < -0.3 is 10.1 Å². The summed E-state index contributed by atoms with van der Waals surface area (Å²) >= 11 is 1.44. The van der Waals surface area contributed by atoms with Gasteiger partial charge >= 0.3 is 5.97 Å². The molecule has 1 N–H and O–H groups in total. The molecule has 0 saturated heterocycles. The lowest BCUT2D eigenvalue weighted by atomic mass is 10.2. The minimum absolute atomic E-state index is 0.0262. The standard InChI is InChI=1S/C16H16N4O3S/c1-23-16(22)13-5-4-12(24-13)11-6-14(18-10-2-3-10)20-15(19-11)9(8-21)7-17-20/h5-8,10,12,18H,2-4H2,1H3. The quantitative estimate of drug-likeness (QED) is 0.658. The maximum absolute atomic E-state index is 11.7.